The van der Waals surface area contributed by atoms with Crippen molar-refractivity contribution in [1.82, 2.24) is 14.9 Å². The lowest BCUT2D eigenvalue weighted by molar-refractivity contribution is -0.117. The Kier molecular flexibility index (Phi) is 4.75. The fourth-order valence-corrected chi connectivity index (χ4v) is 3.43. The maximum absolute atomic E-state index is 12.8. The Morgan fingerprint density at radius 1 is 1.15 bits per heavy atom. The van der Waals surface area contributed by atoms with Gasteiger partial charge in [-0.3, -0.25) is 14.6 Å². The summed E-state index contributed by atoms with van der Waals surface area (Å²) < 4.78 is 0. The summed E-state index contributed by atoms with van der Waals surface area (Å²) in [6, 6.07) is 7.21. The molecule has 2 atom stereocenters. The van der Waals surface area contributed by atoms with Gasteiger partial charge in [0.1, 0.15) is 5.82 Å². The van der Waals surface area contributed by atoms with E-state index < -0.39 is 0 Å². The molecule has 1 saturated carbocycles. The Bertz CT molecular complexity index is 833. The zero-order valence-electron chi connectivity index (χ0n) is 15.3. The molecule has 1 aromatic heterocycles. The number of benzene rings is 1. The first-order chi connectivity index (χ1) is 13.1. The van der Waals surface area contributed by atoms with Crippen molar-refractivity contribution >= 4 is 23.3 Å². The highest BCUT2D eigenvalue weighted by atomic mass is 16.2. The number of hydrogen-bond donors (Lipinski definition) is 1. The van der Waals surface area contributed by atoms with Gasteiger partial charge in [0.05, 0.1) is 6.20 Å². The largest absolute Gasteiger partial charge is 0.352 e. The minimum absolute atomic E-state index is 0.00955. The van der Waals surface area contributed by atoms with Crippen molar-refractivity contribution in [3.05, 3.63) is 48.4 Å². The van der Waals surface area contributed by atoms with Crippen molar-refractivity contribution in [1.29, 1.82) is 0 Å². The summed E-state index contributed by atoms with van der Waals surface area (Å²) in [4.78, 5) is 37.3. The fraction of sp³-hybridized carbons (Fsp3) is 0.400. The summed E-state index contributed by atoms with van der Waals surface area (Å²) >= 11 is 0. The summed E-state index contributed by atoms with van der Waals surface area (Å²) in [5.41, 5.74) is 1.28. The molecule has 2 aliphatic rings. The molecule has 2 aromatic rings. The molecule has 0 bridgehead atoms. The zero-order valence-corrected chi connectivity index (χ0v) is 15.3. The molecule has 4 rings (SSSR count). The van der Waals surface area contributed by atoms with Gasteiger partial charge in [0.2, 0.25) is 5.91 Å². The minimum atomic E-state index is -0.00955. The molecule has 27 heavy (non-hydrogen) atoms. The smallest absolute Gasteiger partial charge is 0.254 e. The van der Waals surface area contributed by atoms with Crippen LogP contribution in [0.1, 0.15) is 23.7 Å². The van der Waals surface area contributed by atoms with Gasteiger partial charge in [0.25, 0.3) is 5.91 Å². The van der Waals surface area contributed by atoms with E-state index in [0.717, 1.165) is 25.3 Å². The van der Waals surface area contributed by atoms with E-state index in [1.165, 1.54) is 0 Å². The summed E-state index contributed by atoms with van der Waals surface area (Å²) in [6.45, 7) is 4.78. The number of anilines is 2. The fourth-order valence-electron chi connectivity index (χ4n) is 3.43. The third kappa shape index (κ3) is 3.92. The zero-order chi connectivity index (χ0) is 18.8. The molecule has 0 spiro atoms. The molecule has 1 aliphatic heterocycles. The van der Waals surface area contributed by atoms with Gasteiger partial charge in [-0.05, 0) is 30.5 Å². The molecular weight excluding hydrogens is 342 g/mol. The van der Waals surface area contributed by atoms with E-state index in [2.05, 4.69) is 27.1 Å². The second-order valence-corrected chi connectivity index (χ2v) is 7.23. The normalized spacial score (nSPS) is 21.7. The Morgan fingerprint density at radius 3 is 2.59 bits per heavy atom. The second kappa shape index (κ2) is 7.34. The van der Waals surface area contributed by atoms with Crippen LogP contribution in [-0.2, 0) is 4.79 Å². The molecule has 2 heterocycles. The van der Waals surface area contributed by atoms with Crippen molar-refractivity contribution in [2.24, 2.45) is 11.8 Å². The van der Waals surface area contributed by atoms with Crippen LogP contribution in [-0.4, -0.2) is 52.9 Å². The third-order valence-electron chi connectivity index (χ3n) is 5.26. The molecule has 140 valence electrons. The van der Waals surface area contributed by atoms with E-state index in [1.807, 2.05) is 17.0 Å². The van der Waals surface area contributed by atoms with E-state index in [9.17, 15) is 9.59 Å². The SMILES string of the molecule is CC1CC1C(=O)Nc1cccc(C(=O)N2CCN(c3cnccn3)CC2)c1. The topological polar surface area (TPSA) is 78.4 Å². The summed E-state index contributed by atoms with van der Waals surface area (Å²) in [5, 5.41) is 2.93. The molecule has 1 N–H and O–H groups in total. The molecule has 2 fully saturated rings. The van der Waals surface area contributed by atoms with Crippen LogP contribution < -0.4 is 10.2 Å². The van der Waals surface area contributed by atoms with Crippen molar-refractivity contribution in [3.8, 4) is 0 Å². The van der Waals surface area contributed by atoms with E-state index in [1.54, 1.807) is 30.7 Å². The van der Waals surface area contributed by atoms with Gasteiger partial charge in [-0.1, -0.05) is 13.0 Å². The number of amides is 2. The van der Waals surface area contributed by atoms with Gasteiger partial charge in [0.15, 0.2) is 0 Å². The predicted molar refractivity (Wildman–Crippen MR) is 102 cm³/mol. The highest BCUT2D eigenvalue weighted by molar-refractivity contribution is 5.98. The second-order valence-electron chi connectivity index (χ2n) is 7.23. The Labute approximate surface area is 158 Å². The number of rotatable bonds is 4. The molecule has 0 radical (unpaired) electrons. The molecule has 1 saturated heterocycles. The highest BCUT2D eigenvalue weighted by Gasteiger charge is 2.39. The number of hydrogen-bond acceptors (Lipinski definition) is 5. The van der Waals surface area contributed by atoms with Crippen LogP contribution in [0.3, 0.4) is 0 Å². The van der Waals surface area contributed by atoms with Crippen LogP contribution in [0.25, 0.3) is 0 Å². The average Bonchev–Trinajstić information content (AvgIpc) is 3.45. The Balaban J connectivity index is 1.37. The van der Waals surface area contributed by atoms with Crippen molar-refractivity contribution in [3.63, 3.8) is 0 Å². The van der Waals surface area contributed by atoms with Crippen LogP contribution >= 0.6 is 0 Å². The Morgan fingerprint density at radius 2 is 1.93 bits per heavy atom. The van der Waals surface area contributed by atoms with Gasteiger partial charge in [0, 0.05) is 55.7 Å². The molecule has 1 aliphatic carbocycles. The van der Waals surface area contributed by atoms with E-state index in [-0.39, 0.29) is 17.7 Å². The number of aromatic nitrogens is 2. The van der Waals surface area contributed by atoms with Crippen LogP contribution in [0.5, 0.6) is 0 Å². The third-order valence-corrected chi connectivity index (χ3v) is 5.26. The Hall–Kier alpha value is -2.96. The van der Waals surface area contributed by atoms with E-state index >= 15 is 0 Å². The maximum atomic E-state index is 12.8. The van der Waals surface area contributed by atoms with Gasteiger partial charge < -0.3 is 15.1 Å². The van der Waals surface area contributed by atoms with Gasteiger partial charge in [-0.2, -0.15) is 0 Å². The number of nitrogens with zero attached hydrogens (tertiary/aromatic N) is 4. The standard InChI is InChI=1S/C20H23N5O2/c1-14-11-17(14)19(26)23-16-4-2-3-15(12-16)20(27)25-9-7-24(8-10-25)18-13-21-5-6-22-18/h2-6,12-14,17H,7-11H2,1H3,(H,23,26). The first-order valence-corrected chi connectivity index (χ1v) is 9.33. The lowest BCUT2D eigenvalue weighted by atomic mass is 10.1. The number of nitrogens with one attached hydrogen (secondary N) is 1. The maximum Gasteiger partial charge on any atom is 0.254 e. The van der Waals surface area contributed by atoms with Gasteiger partial charge in [-0.25, -0.2) is 4.98 Å². The number of carbonyl (C=O) groups is 2. The molecule has 2 unspecified atom stereocenters. The molecular formula is C20H23N5O2. The van der Waals surface area contributed by atoms with Crippen molar-refractivity contribution in [2.75, 3.05) is 36.4 Å². The predicted octanol–water partition coefficient (Wildman–Crippen LogP) is 2.03. The van der Waals surface area contributed by atoms with Crippen LogP contribution in [0.2, 0.25) is 0 Å². The number of piperazine rings is 1. The summed E-state index contributed by atoms with van der Waals surface area (Å²) in [5.74, 6) is 1.44. The van der Waals surface area contributed by atoms with Crippen molar-refractivity contribution < 1.29 is 9.59 Å². The molecule has 7 nitrogen and oxygen atoms in total. The summed E-state index contributed by atoms with van der Waals surface area (Å²) in [7, 11) is 0. The number of carbonyl (C=O) groups excluding carboxylic acids is 2. The molecule has 7 heteroatoms. The summed E-state index contributed by atoms with van der Waals surface area (Å²) in [6.07, 6.45) is 6.01. The lowest BCUT2D eigenvalue weighted by Gasteiger charge is -2.35. The average molecular weight is 365 g/mol. The van der Waals surface area contributed by atoms with Crippen LogP contribution in [0, 0.1) is 11.8 Å². The van der Waals surface area contributed by atoms with Crippen LogP contribution in [0.15, 0.2) is 42.9 Å². The quantitative estimate of drug-likeness (QED) is 0.897. The van der Waals surface area contributed by atoms with Gasteiger partial charge >= 0.3 is 0 Å². The van der Waals surface area contributed by atoms with E-state index in [4.69, 9.17) is 0 Å². The first-order valence-electron chi connectivity index (χ1n) is 9.33. The van der Waals surface area contributed by atoms with E-state index in [0.29, 0.717) is 30.3 Å². The molecule has 1 aromatic carbocycles. The lowest BCUT2D eigenvalue weighted by Crippen LogP contribution is -2.49. The molecule has 2 amide bonds. The minimum Gasteiger partial charge on any atom is -0.352 e. The van der Waals surface area contributed by atoms with Crippen LogP contribution in [0.4, 0.5) is 11.5 Å². The van der Waals surface area contributed by atoms with Gasteiger partial charge in [-0.15, -0.1) is 0 Å². The van der Waals surface area contributed by atoms with Crippen molar-refractivity contribution in [2.45, 2.75) is 13.3 Å². The first kappa shape index (κ1) is 17.5. The monoisotopic (exact) mass is 365 g/mol. The highest BCUT2D eigenvalue weighted by Crippen LogP contribution is 2.38.